The van der Waals surface area contributed by atoms with Crippen molar-refractivity contribution in [3.05, 3.63) is 17.6 Å². The van der Waals surface area contributed by atoms with Crippen LogP contribution in [0.2, 0.25) is 0 Å². The SMILES string of the molecule is COCc1cc(NN)nc(C2CC3CCC2C3)n1. The molecule has 0 aliphatic heterocycles. The third-order valence-corrected chi connectivity index (χ3v) is 4.31. The predicted molar refractivity (Wildman–Crippen MR) is 68.7 cm³/mol. The van der Waals surface area contributed by atoms with E-state index in [1.54, 1.807) is 7.11 Å². The van der Waals surface area contributed by atoms with Crippen LogP contribution in [-0.2, 0) is 11.3 Å². The minimum absolute atomic E-state index is 0.505. The lowest BCUT2D eigenvalue weighted by atomic mass is 9.88. The average Bonchev–Trinajstić information content (AvgIpc) is 3.01. The van der Waals surface area contributed by atoms with E-state index in [-0.39, 0.29) is 0 Å². The van der Waals surface area contributed by atoms with E-state index in [2.05, 4.69) is 15.4 Å². The summed E-state index contributed by atoms with van der Waals surface area (Å²) in [5.41, 5.74) is 3.53. The highest BCUT2D eigenvalue weighted by atomic mass is 16.5. The molecule has 2 bridgehead atoms. The van der Waals surface area contributed by atoms with E-state index in [9.17, 15) is 0 Å². The van der Waals surface area contributed by atoms with Crippen molar-refractivity contribution in [1.82, 2.24) is 9.97 Å². The predicted octanol–water partition coefficient (Wildman–Crippen LogP) is 1.81. The third-order valence-electron chi connectivity index (χ3n) is 4.31. The molecule has 0 aromatic carbocycles. The van der Waals surface area contributed by atoms with Gasteiger partial charge in [0, 0.05) is 19.1 Å². The Bertz CT molecular complexity index is 437. The van der Waals surface area contributed by atoms with Gasteiger partial charge in [0.05, 0.1) is 12.3 Å². The maximum Gasteiger partial charge on any atom is 0.144 e. The number of nitrogen functional groups attached to an aromatic ring is 1. The van der Waals surface area contributed by atoms with Gasteiger partial charge < -0.3 is 10.2 Å². The summed E-state index contributed by atoms with van der Waals surface area (Å²) < 4.78 is 5.15. The second-order valence-corrected chi connectivity index (χ2v) is 5.46. The van der Waals surface area contributed by atoms with E-state index in [1.807, 2.05) is 6.07 Å². The van der Waals surface area contributed by atoms with Crippen LogP contribution < -0.4 is 11.3 Å². The first-order valence-corrected chi connectivity index (χ1v) is 6.63. The number of rotatable bonds is 4. The zero-order valence-corrected chi connectivity index (χ0v) is 10.7. The first-order valence-electron chi connectivity index (χ1n) is 6.63. The molecule has 2 saturated carbocycles. The van der Waals surface area contributed by atoms with Crippen LogP contribution in [0.15, 0.2) is 6.07 Å². The van der Waals surface area contributed by atoms with Gasteiger partial charge in [0.1, 0.15) is 11.6 Å². The summed E-state index contributed by atoms with van der Waals surface area (Å²) >= 11 is 0. The zero-order chi connectivity index (χ0) is 12.5. The standard InChI is InChI=1S/C13H20N4O/c1-18-7-10-6-12(17-14)16-13(15-10)11-5-8-2-3-9(11)4-8/h6,8-9,11H,2-5,7,14H2,1H3,(H,15,16,17). The van der Waals surface area contributed by atoms with Gasteiger partial charge in [-0.3, -0.25) is 0 Å². The van der Waals surface area contributed by atoms with Crippen molar-refractivity contribution < 1.29 is 4.74 Å². The number of methoxy groups -OCH3 is 1. The Morgan fingerprint density at radius 1 is 1.39 bits per heavy atom. The normalized spacial score (nSPS) is 29.8. The first-order chi connectivity index (χ1) is 8.80. The fourth-order valence-corrected chi connectivity index (χ4v) is 3.54. The van der Waals surface area contributed by atoms with Crippen LogP contribution in [0, 0.1) is 11.8 Å². The first kappa shape index (κ1) is 11.9. The Balaban J connectivity index is 1.88. The third kappa shape index (κ3) is 2.08. The molecule has 3 rings (SSSR count). The van der Waals surface area contributed by atoms with Gasteiger partial charge in [0.15, 0.2) is 0 Å². The number of nitrogens with zero attached hydrogens (tertiary/aromatic N) is 2. The molecule has 3 N–H and O–H groups in total. The van der Waals surface area contributed by atoms with Gasteiger partial charge in [-0.25, -0.2) is 15.8 Å². The Morgan fingerprint density at radius 3 is 2.89 bits per heavy atom. The van der Waals surface area contributed by atoms with Crippen LogP contribution in [0.5, 0.6) is 0 Å². The number of hydrogen-bond donors (Lipinski definition) is 2. The van der Waals surface area contributed by atoms with Crippen LogP contribution in [0.4, 0.5) is 5.82 Å². The number of ether oxygens (including phenoxy) is 1. The molecule has 2 aliphatic carbocycles. The van der Waals surface area contributed by atoms with Gasteiger partial charge in [-0.05, 0) is 31.1 Å². The minimum Gasteiger partial charge on any atom is -0.378 e. The van der Waals surface area contributed by atoms with Gasteiger partial charge in [0.25, 0.3) is 0 Å². The summed E-state index contributed by atoms with van der Waals surface area (Å²) in [6.45, 7) is 0.505. The van der Waals surface area contributed by atoms with E-state index in [0.717, 1.165) is 23.4 Å². The van der Waals surface area contributed by atoms with Crippen LogP contribution in [-0.4, -0.2) is 17.1 Å². The molecule has 18 heavy (non-hydrogen) atoms. The lowest BCUT2D eigenvalue weighted by Crippen LogP contribution is -2.16. The lowest BCUT2D eigenvalue weighted by molar-refractivity contribution is 0.181. The Morgan fingerprint density at radius 2 is 2.28 bits per heavy atom. The Kier molecular flexibility index (Phi) is 3.18. The van der Waals surface area contributed by atoms with Crippen molar-refractivity contribution in [1.29, 1.82) is 0 Å². The fraction of sp³-hybridized carbons (Fsp3) is 0.692. The summed E-state index contributed by atoms with van der Waals surface area (Å²) in [5, 5.41) is 0. The quantitative estimate of drug-likeness (QED) is 0.628. The maximum atomic E-state index is 5.48. The van der Waals surface area contributed by atoms with Gasteiger partial charge in [-0.15, -0.1) is 0 Å². The summed E-state index contributed by atoms with van der Waals surface area (Å²) in [4.78, 5) is 9.17. The molecule has 1 aromatic rings. The maximum absolute atomic E-state index is 5.48. The van der Waals surface area contributed by atoms with E-state index >= 15 is 0 Å². The minimum atomic E-state index is 0.505. The average molecular weight is 248 g/mol. The van der Waals surface area contributed by atoms with E-state index < -0.39 is 0 Å². The molecular formula is C13H20N4O. The number of fused-ring (bicyclic) bond motifs is 2. The van der Waals surface area contributed by atoms with Crippen molar-refractivity contribution in [3.63, 3.8) is 0 Å². The molecule has 98 valence electrons. The van der Waals surface area contributed by atoms with Crippen molar-refractivity contribution in [3.8, 4) is 0 Å². The van der Waals surface area contributed by atoms with Crippen LogP contribution in [0.1, 0.15) is 43.1 Å². The van der Waals surface area contributed by atoms with Gasteiger partial charge in [-0.1, -0.05) is 6.42 Å². The summed E-state index contributed by atoms with van der Waals surface area (Å²) in [6, 6.07) is 1.85. The second kappa shape index (κ2) is 4.82. The highest BCUT2D eigenvalue weighted by Gasteiger charge is 2.41. The molecule has 1 heterocycles. The molecular weight excluding hydrogens is 228 g/mol. The molecule has 0 radical (unpaired) electrons. The number of aromatic nitrogens is 2. The highest BCUT2D eigenvalue weighted by molar-refractivity contribution is 5.35. The number of anilines is 1. The molecule has 3 atom stereocenters. The molecule has 0 saturated heterocycles. The molecule has 2 aliphatic rings. The molecule has 3 unspecified atom stereocenters. The number of hydrogen-bond acceptors (Lipinski definition) is 5. The zero-order valence-electron chi connectivity index (χ0n) is 10.7. The fourth-order valence-electron chi connectivity index (χ4n) is 3.54. The molecule has 5 nitrogen and oxygen atoms in total. The molecule has 0 amide bonds. The van der Waals surface area contributed by atoms with Gasteiger partial charge in [0.2, 0.25) is 0 Å². The van der Waals surface area contributed by atoms with Gasteiger partial charge >= 0.3 is 0 Å². The van der Waals surface area contributed by atoms with E-state index in [4.69, 9.17) is 10.6 Å². The Hall–Kier alpha value is -1.20. The second-order valence-electron chi connectivity index (χ2n) is 5.46. The smallest absolute Gasteiger partial charge is 0.144 e. The lowest BCUT2D eigenvalue weighted by Gasteiger charge is -2.21. The van der Waals surface area contributed by atoms with Crippen LogP contribution >= 0.6 is 0 Å². The molecule has 5 heteroatoms. The van der Waals surface area contributed by atoms with Gasteiger partial charge in [-0.2, -0.15) is 0 Å². The van der Waals surface area contributed by atoms with Crippen molar-refractivity contribution >= 4 is 5.82 Å². The van der Waals surface area contributed by atoms with Crippen LogP contribution in [0.3, 0.4) is 0 Å². The van der Waals surface area contributed by atoms with Crippen molar-refractivity contribution in [2.75, 3.05) is 12.5 Å². The summed E-state index contributed by atoms with van der Waals surface area (Å²) in [7, 11) is 1.68. The van der Waals surface area contributed by atoms with E-state index in [1.165, 1.54) is 25.7 Å². The highest BCUT2D eigenvalue weighted by Crippen LogP contribution is 2.52. The molecule has 0 spiro atoms. The number of nitrogens with two attached hydrogens (primary N) is 1. The van der Waals surface area contributed by atoms with Crippen molar-refractivity contribution in [2.45, 2.75) is 38.2 Å². The Labute approximate surface area is 107 Å². The topological polar surface area (TPSA) is 73.1 Å². The largest absolute Gasteiger partial charge is 0.378 e. The number of hydrazine groups is 1. The summed E-state index contributed by atoms with van der Waals surface area (Å²) in [6.07, 6.45) is 5.32. The summed E-state index contributed by atoms with van der Waals surface area (Å²) in [5.74, 6) is 9.31. The molecule has 2 fully saturated rings. The van der Waals surface area contributed by atoms with Crippen LogP contribution in [0.25, 0.3) is 0 Å². The molecule has 1 aromatic heterocycles. The van der Waals surface area contributed by atoms with Crippen molar-refractivity contribution in [2.24, 2.45) is 17.7 Å². The number of nitrogens with one attached hydrogen (secondary N) is 1. The van der Waals surface area contributed by atoms with E-state index in [0.29, 0.717) is 18.3 Å². The monoisotopic (exact) mass is 248 g/mol.